The second-order valence-corrected chi connectivity index (χ2v) is 4.03. The number of aromatic nitrogens is 1. The molecule has 1 aromatic heterocycles. The number of hydrogen-bond acceptors (Lipinski definition) is 2. The molecule has 1 saturated carbocycles. The average molecular weight is 174 g/mol. The van der Waals surface area contributed by atoms with Crippen molar-refractivity contribution in [2.45, 2.75) is 31.6 Å². The van der Waals surface area contributed by atoms with E-state index in [1.54, 1.807) is 0 Å². The van der Waals surface area contributed by atoms with Crippen LogP contribution in [0.2, 0.25) is 0 Å². The zero-order valence-corrected chi connectivity index (χ0v) is 7.71. The lowest BCUT2D eigenvalue weighted by Crippen LogP contribution is -2.13. The first-order chi connectivity index (χ1) is 6.43. The summed E-state index contributed by atoms with van der Waals surface area (Å²) >= 11 is 0. The van der Waals surface area contributed by atoms with Gasteiger partial charge in [-0.3, -0.25) is 4.98 Å². The van der Waals surface area contributed by atoms with Gasteiger partial charge in [0.25, 0.3) is 0 Å². The molecule has 0 aromatic carbocycles. The lowest BCUT2D eigenvalue weighted by atomic mass is 10.1. The average Bonchev–Trinajstić information content (AvgIpc) is 3.00. The van der Waals surface area contributed by atoms with Crippen LogP contribution in [0, 0.1) is 0 Å². The number of nitrogens with one attached hydrogen (secondary N) is 1. The summed E-state index contributed by atoms with van der Waals surface area (Å²) in [7, 11) is 0. The third-order valence-electron chi connectivity index (χ3n) is 2.90. The normalized spacial score (nSPS) is 20.6. The Bertz CT molecular complexity index is 329. The van der Waals surface area contributed by atoms with E-state index in [1.807, 2.05) is 0 Å². The van der Waals surface area contributed by atoms with Crippen molar-refractivity contribution < 1.29 is 0 Å². The van der Waals surface area contributed by atoms with Crippen molar-refractivity contribution in [3.63, 3.8) is 0 Å². The minimum atomic E-state index is 0.784. The molecule has 3 rings (SSSR count). The Labute approximate surface area is 78.4 Å². The summed E-state index contributed by atoms with van der Waals surface area (Å²) in [6.45, 7) is 1.11. The highest BCUT2D eigenvalue weighted by Crippen LogP contribution is 2.39. The smallest absolute Gasteiger partial charge is 0.0638 e. The van der Waals surface area contributed by atoms with Crippen molar-refractivity contribution in [2.75, 3.05) is 11.9 Å². The Morgan fingerprint density at radius 3 is 3.08 bits per heavy atom. The summed E-state index contributed by atoms with van der Waals surface area (Å²) in [6.07, 6.45) is 5.08. The van der Waals surface area contributed by atoms with Gasteiger partial charge in [0.2, 0.25) is 0 Å². The summed E-state index contributed by atoms with van der Waals surface area (Å²) in [6, 6.07) is 4.39. The van der Waals surface area contributed by atoms with Gasteiger partial charge in [0.15, 0.2) is 0 Å². The highest BCUT2D eigenvalue weighted by Gasteiger charge is 2.25. The minimum absolute atomic E-state index is 0.784. The van der Waals surface area contributed by atoms with Crippen molar-refractivity contribution in [3.8, 4) is 0 Å². The van der Waals surface area contributed by atoms with Crippen molar-refractivity contribution >= 4 is 5.69 Å². The number of pyridine rings is 1. The number of rotatable bonds is 1. The maximum absolute atomic E-state index is 4.71. The standard InChI is InChI=1S/C11H14N2/c1-2-11-10(12-7-1)6-5-9(13-11)8-3-4-8/h5-6,8,12H,1-4,7H2. The SMILES string of the molecule is c1cc2c(nc1C1CC1)CCCN2. The Hall–Kier alpha value is -1.05. The summed E-state index contributed by atoms with van der Waals surface area (Å²) in [5.74, 6) is 0.784. The molecule has 0 bridgehead atoms. The van der Waals surface area contributed by atoms with Gasteiger partial charge in [-0.05, 0) is 37.8 Å². The molecule has 0 amide bonds. The van der Waals surface area contributed by atoms with Gasteiger partial charge in [-0.15, -0.1) is 0 Å². The van der Waals surface area contributed by atoms with Gasteiger partial charge in [0.05, 0.1) is 11.4 Å². The van der Waals surface area contributed by atoms with Crippen LogP contribution in [-0.2, 0) is 6.42 Å². The largest absolute Gasteiger partial charge is 0.384 e. The van der Waals surface area contributed by atoms with Crippen LogP contribution in [-0.4, -0.2) is 11.5 Å². The van der Waals surface area contributed by atoms with Crippen molar-refractivity contribution in [3.05, 3.63) is 23.5 Å². The molecule has 1 N–H and O–H groups in total. The summed E-state index contributed by atoms with van der Waals surface area (Å²) < 4.78 is 0. The summed E-state index contributed by atoms with van der Waals surface area (Å²) in [5, 5.41) is 3.39. The first kappa shape index (κ1) is 7.36. The van der Waals surface area contributed by atoms with Crippen LogP contribution in [0.1, 0.15) is 36.6 Å². The third kappa shape index (κ3) is 1.30. The van der Waals surface area contributed by atoms with Crippen LogP contribution in [0.3, 0.4) is 0 Å². The highest BCUT2D eigenvalue weighted by molar-refractivity contribution is 5.50. The van der Waals surface area contributed by atoms with E-state index in [4.69, 9.17) is 4.98 Å². The van der Waals surface area contributed by atoms with E-state index < -0.39 is 0 Å². The fourth-order valence-electron chi connectivity index (χ4n) is 1.96. The molecule has 2 heterocycles. The number of nitrogens with zero attached hydrogens (tertiary/aromatic N) is 1. The van der Waals surface area contributed by atoms with E-state index in [0.717, 1.165) is 18.9 Å². The third-order valence-corrected chi connectivity index (χ3v) is 2.90. The second kappa shape index (κ2) is 2.72. The van der Waals surface area contributed by atoms with Gasteiger partial charge >= 0.3 is 0 Å². The molecule has 0 unspecified atom stereocenters. The lowest BCUT2D eigenvalue weighted by molar-refractivity contribution is 0.790. The first-order valence-electron chi connectivity index (χ1n) is 5.17. The summed E-state index contributed by atoms with van der Waals surface area (Å²) in [4.78, 5) is 4.71. The molecular formula is C11H14N2. The van der Waals surface area contributed by atoms with Gasteiger partial charge < -0.3 is 5.32 Å². The van der Waals surface area contributed by atoms with Crippen LogP contribution >= 0.6 is 0 Å². The zero-order chi connectivity index (χ0) is 8.67. The Kier molecular flexibility index (Phi) is 1.54. The van der Waals surface area contributed by atoms with E-state index in [0.29, 0.717) is 0 Å². The first-order valence-corrected chi connectivity index (χ1v) is 5.17. The number of fused-ring (bicyclic) bond motifs is 1. The van der Waals surface area contributed by atoms with Crippen LogP contribution in [0.15, 0.2) is 12.1 Å². The lowest BCUT2D eigenvalue weighted by Gasteiger charge is -2.17. The highest BCUT2D eigenvalue weighted by atomic mass is 14.9. The van der Waals surface area contributed by atoms with Crippen molar-refractivity contribution in [2.24, 2.45) is 0 Å². The molecule has 68 valence electrons. The van der Waals surface area contributed by atoms with Crippen molar-refractivity contribution in [1.82, 2.24) is 4.98 Å². The Morgan fingerprint density at radius 2 is 2.23 bits per heavy atom. The van der Waals surface area contributed by atoms with E-state index in [1.165, 1.54) is 36.3 Å². The molecule has 2 heteroatoms. The topological polar surface area (TPSA) is 24.9 Å². The van der Waals surface area contributed by atoms with Crippen LogP contribution < -0.4 is 5.32 Å². The summed E-state index contributed by atoms with van der Waals surface area (Å²) in [5.41, 5.74) is 3.87. The van der Waals surface area contributed by atoms with E-state index in [2.05, 4.69) is 17.4 Å². The van der Waals surface area contributed by atoms with E-state index >= 15 is 0 Å². The van der Waals surface area contributed by atoms with Crippen molar-refractivity contribution in [1.29, 1.82) is 0 Å². The molecule has 0 saturated heterocycles. The quantitative estimate of drug-likeness (QED) is 0.706. The van der Waals surface area contributed by atoms with Gasteiger partial charge in [-0.2, -0.15) is 0 Å². The number of anilines is 1. The molecule has 0 atom stereocenters. The second-order valence-electron chi connectivity index (χ2n) is 4.03. The zero-order valence-electron chi connectivity index (χ0n) is 7.71. The van der Waals surface area contributed by atoms with Crippen LogP contribution in [0.25, 0.3) is 0 Å². The number of hydrogen-bond donors (Lipinski definition) is 1. The fourth-order valence-corrected chi connectivity index (χ4v) is 1.96. The van der Waals surface area contributed by atoms with E-state index in [-0.39, 0.29) is 0 Å². The molecule has 0 radical (unpaired) electrons. The molecule has 13 heavy (non-hydrogen) atoms. The molecule has 1 aromatic rings. The van der Waals surface area contributed by atoms with Gasteiger partial charge in [-0.25, -0.2) is 0 Å². The van der Waals surface area contributed by atoms with Gasteiger partial charge in [-0.1, -0.05) is 0 Å². The molecule has 2 aliphatic rings. The minimum Gasteiger partial charge on any atom is -0.384 e. The molecular weight excluding hydrogens is 160 g/mol. The Balaban J connectivity index is 1.98. The van der Waals surface area contributed by atoms with Crippen LogP contribution in [0.4, 0.5) is 5.69 Å². The van der Waals surface area contributed by atoms with Gasteiger partial charge in [0, 0.05) is 18.2 Å². The van der Waals surface area contributed by atoms with Crippen LogP contribution in [0.5, 0.6) is 0 Å². The van der Waals surface area contributed by atoms with Gasteiger partial charge in [0.1, 0.15) is 0 Å². The predicted octanol–water partition coefficient (Wildman–Crippen LogP) is 2.32. The monoisotopic (exact) mass is 174 g/mol. The van der Waals surface area contributed by atoms with E-state index in [9.17, 15) is 0 Å². The predicted molar refractivity (Wildman–Crippen MR) is 53.0 cm³/mol. The maximum atomic E-state index is 4.71. The molecule has 0 spiro atoms. The molecule has 1 aliphatic carbocycles. The number of aryl methyl sites for hydroxylation is 1. The fraction of sp³-hybridized carbons (Fsp3) is 0.545. The molecule has 1 fully saturated rings. The molecule has 2 nitrogen and oxygen atoms in total. The Morgan fingerprint density at radius 1 is 1.31 bits per heavy atom. The molecule has 1 aliphatic heterocycles. The maximum Gasteiger partial charge on any atom is 0.0638 e.